The van der Waals surface area contributed by atoms with Crippen molar-refractivity contribution in [2.45, 2.75) is 45.7 Å². The Morgan fingerprint density at radius 3 is 2.90 bits per heavy atom. The summed E-state index contributed by atoms with van der Waals surface area (Å²) < 4.78 is 0. The summed E-state index contributed by atoms with van der Waals surface area (Å²) >= 11 is 0. The maximum atomic E-state index is 9.47. The largest absolute Gasteiger partial charge is 0.350 e. The average molecular weight is 270 g/mol. The molecule has 2 atom stereocenters. The molecule has 2 aliphatic heterocycles. The molecule has 1 aromatic heterocycles. The number of hydrogen-bond acceptors (Lipinski definition) is 4. The Morgan fingerprint density at radius 1 is 1.35 bits per heavy atom. The van der Waals surface area contributed by atoms with Crippen LogP contribution in [0.3, 0.4) is 0 Å². The van der Waals surface area contributed by atoms with E-state index in [9.17, 15) is 5.26 Å². The Balaban J connectivity index is 1.98. The van der Waals surface area contributed by atoms with E-state index in [-0.39, 0.29) is 0 Å². The molecule has 3 rings (SSSR count). The number of aromatic nitrogens is 1. The maximum absolute atomic E-state index is 9.47. The lowest BCUT2D eigenvalue weighted by Crippen LogP contribution is -2.55. The lowest BCUT2D eigenvalue weighted by molar-refractivity contribution is 0.202. The van der Waals surface area contributed by atoms with Crippen molar-refractivity contribution in [3.63, 3.8) is 0 Å². The molecule has 4 heteroatoms. The first-order valence-corrected chi connectivity index (χ1v) is 7.49. The summed E-state index contributed by atoms with van der Waals surface area (Å²) in [4.78, 5) is 9.62. The van der Waals surface area contributed by atoms with Gasteiger partial charge in [-0.2, -0.15) is 5.26 Å². The molecule has 3 heterocycles. The van der Waals surface area contributed by atoms with Gasteiger partial charge in [-0.3, -0.25) is 4.90 Å². The molecule has 2 aliphatic rings. The van der Waals surface area contributed by atoms with E-state index in [1.165, 1.54) is 19.4 Å². The SMILES string of the molecule is Cc1cc(C)c(C#N)c(N2CC3CCCN3CC2C)n1. The van der Waals surface area contributed by atoms with Crippen LogP contribution in [0.25, 0.3) is 0 Å². The smallest absolute Gasteiger partial charge is 0.147 e. The fourth-order valence-corrected chi connectivity index (χ4v) is 3.65. The molecular weight excluding hydrogens is 248 g/mol. The molecule has 1 aromatic rings. The molecule has 106 valence electrons. The van der Waals surface area contributed by atoms with Crippen molar-refractivity contribution in [3.05, 3.63) is 22.9 Å². The third-order valence-electron chi connectivity index (χ3n) is 4.65. The van der Waals surface area contributed by atoms with Gasteiger partial charge in [0.15, 0.2) is 0 Å². The van der Waals surface area contributed by atoms with Crippen LogP contribution in [0.5, 0.6) is 0 Å². The number of nitrogens with zero attached hydrogens (tertiary/aromatic N) is 4. The highest BCUT2D eigenvalue weighted by atomic mass is 15.3. The van der Waals surface area contributed by atoms with Crippen molar-refractivity contribution >= 4 is 5.82 Å². The molecule has 0 radical (unpaired) electrons. The lowest BCUT2D eigenvalue weighted by atomic mass is 10.0. The first-order chi connectivity index (χ1) is 9.60. The quantitative estimate of drug-likeness (QED) is 0.785. The highest BCUT2D eigenvalue weighted by Gasteiger charge is 2.35. The van der Waals surface area contributed by atoms with Crippen molar-refractivity contribution in [1.29, 1.82) is 5.26 Å². The van der Waals surface area contributed by atoms with Crippen molar-refractivity contribution in [3.8, 4) is 6.07 Å². The minimum absolute atomic E-state index is 0.421. The molecule has 4 nitrogen and oxygen atoms in total. The van der Waals surface area contributed by atoms with Crippen LogP contribution in [-0.4, -0.2) is 41.6 Å². The number of fused-ring (bicyclic) bond motifs is 1. The summed E-state index contributed by atoms with van der Waals surface area (Å²) in [5.74, 6) is 0.893. The Hall–Kier alpha value is -1.60. The summed E-state index contributed by atoms with van der Waals surface area (Å²) in [7, 11) is 0. The molecule has 2 fully saturated rings. The number of piperazine rings is 1. The summed E-state index contributed by atoms with van der Waals surface area (Å²) in [6.07, 6.45) is 2.58. The fourth-order valence-electron chi connectivity index (χ4n) is 3.65. The average Bonchev–Trinajstić information content (AvgIpc) is 2.84. The highest BCUT2D eigenvalue weighted by molar-refractivity contribution is 5.59. The monoisotopic (exact) mass is 270 g/mol. The van der Waals surface area contributed by atoms with E-state index < -0.39 is 0 Å². The first-order valence-electron chi connectivity index (χ1n) is 7.49. The second kappa shape index (κ2) is 5.06. The lowest BCUT2D eigenvalue weighted by Gasteiger charge is -2.43. The number of anilines is 1. The highest BCUT2D eigenvalue weighted by Crippen LogP contribution is 2.30. The first kappa shape index (κ1) is 13.4. The van der Waals surface area contributed by atoms with E-state index in [4.69, 9.17) is 0 Å². The normalized spacial score (nSPS) is 26.4. The fraction of sp³-hybridized carbons (Fsp3) is 0.625. The molecule has 0 bridgehead atoms. The topological polar surface area (TPSA) is 43.2 Å². The molecule has 0 aromatic carbocycles. The van der Waals surface area contributed by atoms with Crippen molar-refractivity contribution in [2.24, 2.45) is 0 Å². The Morgan fingerprint density at radius 2 is 2.15 bits per heavy atom. The van der Waals surface area contributed by atoms with Crippen molar-refractivity contribution in [1.82, 2.24) is 9.88 Å². The van der Waals surface area contributed by atoms with Gasteiger partial charge >= 0.3 is 0 Å². The van der Waals surface area contributed by atoms with E-state index >= 15 is 0 Å². The van der Waals surface area contributed by atoms with Crippen LogP contribution in [0, 0.1) is 25.2 Å². The molecular formula is C16H22N4. The van der Waals surface area contributed by atoms with Gasteiger partial charge in [-0.1, -0.05) is 0 Å². The van der Waals surface area contributed by atoms with E-state index in [0.717, 1.165) is 35.7 Å². The van der Waals surface area contributed by atoms with E-state index in [1.54, 1.807) is 0 Å². The second-order valence-electron chi connectivity index (χ2n) is 6.18. The third kappa shape index (κ3) is 2.16. The van der Waals surface area contributed by atoms with Gasteiger partial charge in [-0.05, 0) is 51.8 Å². The minimum atomic E-state index is 0.421. The van der Waals surface area contributed by atoms with Gasteiger partial charge in [-0.15, -0.1) is 0 Å². The molecule has 20 heavy (non-hydrogen) atoms. The maximum Gasteiger partial charge on any atom is 0.147 e. The predicted octanol–water partition coefficient (Wildman–Crippen LogP) is 2.24. The van der Waals surface area contributed by atoms with Gasteiger partial charge in [0.2, 0.25) is 0 Å². The number of rotatable bonds is 1. The summed E-state index contributed by atoms with van der Waals surface area (Å²) in [6, 6.07) is 5.41. The van der Waals surface area contributed by atoms with E-state index in [2.05, 4.69) is 27.8 Å². The zero-order valence-electron chi connectivity index (χ0n) is 12.6. The van der Waals surface area contributed by atoms with Crippen LogP contribution in [-0.2, 0) is 0 Å². The van der Waals surface area contributed by atoms with Gasteiger partial charge in [0, 0.05) is 30.9 Å². The zero-order chi connectivity index (χ0) is 14.3. The Labute approximate surface area is 121 Å². The summed E-state index contributed by atoms with van der Waals surface area (Å²) in [5.41, 5.74) is 2.78. The molecule has 2 saturated heterocycles. The van der Waals surface area contributed by atoms with Crippen LogP contribution in [0.2, 0.25) is 0 Å². The second-order valence-corrected chi connectivity index (χ2v) is 6.18. The molecule has 0 aliphatic carbocycles. The summed E-state index contributed by atoms with van der Waals surface area (Å²) in [5, 5.41) is 9.47. The minimum Gasteiger partial charge on any atom is -0.350 e. The molecule has 0 saturated carbocycles. The summed E-state index contributed by atoms with van der Waals surface area (Å²) in [6.45, 7) is 9.58. The van der Waals surface area contributed by atoms with Gasteiger partial charge < -0.3 is 4.90 Å². The number of nitriles is 1. The number of pyridine rings is 1. The molecule has 0 amide bonds. The molecule has 2 unspecified atom stereocenters. The van der Waals surface area contributed by atoms with Crippen molar-refractivity contribution in [2.75, 3.05) is 24.5 Å². The van der Waals surface area contributed by atoms with Crippen molar-refractivity contribution < 1.29 is 0 Å². The molecule has 0 spiro atoms. The zero-order valence-corrected chi connectivity index (χ0v) is 12.6. The third-order valence-corrected chi connectivity index (χ3v) is 4.65. The number of aryl methyl sites for hydroxylation is 2. The van der Waals surface area contributed by atoms with Gasteiger partial charge in [0.05, 0.1) is 5.56 Å². The van der Waals surface area contributed by atoms with Gasteiger partial charge in [-0.25, -0.2) is 4.98 Å². The van der Waals surface area contributed by atoms with E-state index in [1.807, 2.05) is 19.9 Å². The van der Waals surface area contributed by atoms with Crippen LogP contribution in [0.1, 0.15) is 36.6 Å². The van der Waals surface area contributed by atoms with Crippen LogP contribution in [0.4, 0.5) is 5.82 Å². The number of hydrogen-bond donors (Lipinski definition) is 0. The predicted molar refractivity (Wildman–Crippen MR) is 79.8 cm³/mol. The van der Waals surface area contributed by atoms with Crippen LogP contribution < -0.4 is 4.90 Å². The standard InChI is InChI=1S/C16H22N4/c1-11-7-12(2)18-16(15(11)8-17)20-10-14-5-4-6-19(14)9-13(20)3/h7,13-14H,4-6,9-10H2,1-3H3. The van der Waals surface area contributed by atoms with Gasteiger partial charge in [0.25, 0.3) is 0 Å². The van der Waals surface area contributed by atoms with Crippen LogP contribution in [0.15, 0.2) is 6.07 Å². The Bertz CT molecular complexity index is 560. The van der Waals surface area contributed by atoms with Crippen LogP contribution >= 0.6 is 0 Å². The molecule has 0 N–H and O–H groups in total. The van der Waals surface area contributed by atoms with E-state index in [0.29, 0.717) is 12.1 Å². The van der Waals surface area contributed by atoms with Gasteiger partial charge in [0.1, 0.15) is 11.9 Å². The Kier molecular flexibility index (Phi) is 3.39.